The van der Waals surface area contributed by atoms with Gasteiger partial charge in [-0.1, -0.05) is 6.42 Å². The van der Waals surface area contributed by atoms with Crippen molar-refractivity contribution in [1.29, 1.82) is 0 Å². The van der Waals surface area contributed by atoms with Crippen LogP contribution in [0.15, 0.2) is 24.5 Å². The lowest BCUT2D eigenvalue weighted by atomic mass is 10.2. The predicted molar refractivity (Wildman–Crippen MR) is 73.0 cm³/mol. The number of benzene rings is 1. The van der Waals surface area contributed by atoms with Crippen LogP contribution in [0.25, 0.3) is 10.9 Å². The summed E-state index contributed by atoms with van der Waals surface area (Å²) in [6, 6.07) is 5.72. The zero-order valence-electron chi connectivity index (χ0n) is 10.3. The molecule has 1 aromatic carbocycles. The first-order valence-electron chi connectivity index (χ1n) is 6.35. The first kappa shape index (κ1) is 11.2. The minimum absolute atomic E-state index is 0.727. The van der Waals surface area contributed by atoms with E-state index in [1.807, 2.05) is 18.2 Å². The summed E-state index contributed by atoms with van der Waals surface area (Å²) in [4.78, 5) is 8.57. The lowest BCUT2D eigenvalue weighted by Gasteiger charge is -2.27. The number of fused-ring (bicyclic) bond motifs is 1. The normalized spacial score (nSPS) is 16.9. The quantitative estimate of drug-likeness (QED) is 0.790. The molecule has 0 saturated carbocycles. The van der Waals surface area contributed by atoms with Crippen LogP contribution in [0.4, 0.5) is 11.5 Å². The first-order valence-corrected chi connectivity index (χ1v) is 6.35. The molecule has 1 aliphatic rings. The molecule has 1 saturated heterocycles. The van der Waals surface area contributed by atoms with Crippen molar-refractivity contribution >= 4 is 22.4 Å². The minimum atomic E-state index is 0.727. The van der Waals surface area contributed by atoms with Gasteiger partial charge < -0.3 is 11.2 Å². The van der Waals surface area contributed by atoms with Gasteiger partial charge in [0, 0.05) is 24.2 Å². The Hall–Kier alpha value is -1.88. The second-order valence-corrected chi connectivity index (χ2v) is 4.66. The SMILES string of the molecule is Nc1ccc2c(NN3CCCCC3)ncnc2c1. The Morgan fingerprint density at radius 3 is 2.78 bits per heavy atom. The third-order valence-corrected chi connectivity index (χ3v) is 3.28. The van der Waals surface area contributed by atoms with Crippen molar-refractivity contribution in [3.05, 3.63) is 24.5 Å². The fourth-order valence-electron chi connectivity index (χ4n) is 2.32. The van der Waals surface area contributed by atoms with Gasteiger partial charge in [0.05, 0.1) is 5.52 Å². The number of hydrogen-bond acceptors (Lipinski definition) is 5. The van der Waals surface area contributed by atoms with Crippen molar-refractivity contribution < 1.29 is 0 Å². The number of piperidine rings is 1. The average molecular weight is 243 g/mol. The highest BCUT2D eigenvalue weighted by Crippen LogP contribution is 2.22. The minimum Gasteiger partial charge on any atom is -0.399 e. The van der Waals surface area contributed by atoms with E-state index in [1.165, 1.54) is 19.3 Å². The van der Waals surface area contributed by atoms with Crippen molar-refractivity contribution in [2.75, 3.05) is 24.2 Å². The summed E-state index contributed by atoms with van der Waals surface area (Å²) in [6.45, 7) is 2.14. The van der Waals surface area contributed by atoms with Gasteiger partial charge in [-0.2, -0.15) is 0 Å². The maximum Gasteiger partial charge on any atom is 0.151 e. The predicted octanol–water partition coefficient (Wildman–Crippen LogP) is 2.02. The van der Waals surface area contributed by atoms with Crippen LogP contribution < -0.4 is 11.2 Å². The molecule has 1 aliphatic heterocycles. The summed E-state index contributed by atoms with van der Waals surface area (Å²) in [5, 5.41) is 3.24. The molecule has 3 N–H and O–H groups in total. The molecular weight excluding hydrogens is 226 g/mol. The number of hydrazine groups is 1. The second-order valence-electron chi connectivity index (χ2n) is 4.66. The van der Waals surface area contributed by atoms with Crippen molar-refractivity contribution in [1.82, 2.24) is 15.0 Å². The molecule has 2 heterocycles. The summed E-state index contributed by atoms with van der Waals surface area (Å²) in [6.07, 6.45) is 5.37. The Labute approximate surface area is 106 Å². The molecule has 1 fully saturated rings. The molecule has 0 atom stereocenters. The fourth-order valence-corrected chi connectivity index (χ4v) is 2.32. The molecule has 0 bridgehead atoms. The van der Waals surface area contributed by atoms with E-state index < -0.39 is 0 Å². The number of nitrogen functional groups attached to an aromatic ring is 1. The van der Waals surface area contributed by atoms with E-state index in [0.717, 1.165) is 35.5 Å². The highest BCUT2D eigenvalue weighted by molar-refractivity contribution is 5.90. The van der Waals surface area contributed by atoms with Gasteiger partial charge >= 0.3 is 0 Å². The van der Waals surface area contributed by atoms with Crippen molar-refractivity contribution in [2.45, 2.75) is 19.3 Å². The number of aromatic nitrogens is 2. The third kappa shape index (κ3) is 2.22. The molecule has 0 unspecified atom stereocenters. The number of rotatable bonds is 2. The molecule has 0 aliphatic carbocycles. The van der Waals surface area contributed by atoms with Crippen molar-refractivity contribution in [3.63, 3.8) is 0 Å². The molecule has 94 valence electrons. The zero-order valence-corrected chi connectivity index (χ0v) is 10.3. The van der Waals surface area contributed by atoms with E-state index in [9.17, 15) is 0 Å². The zero-order chi connectivity index (χ0) is 12.4. The molecule has 0 radical (unpaired) electrons. The molecule has 1 aromatic heterocycles. The monoisotopic (exact) mass is 243 g/mol. The Bertz CT molecular complexity index is 548. The largest absolute Gasteiger partial charge is 0.399 e. The lowest BCUT2D eigenvalue weighted by molar-refractivity contribution is 0.272. The van der Waals surface area contributed by atoms with Crippen LogP contribution in [-0.2, 0) is 0 Å². The van der Waals surface area contributed by atoms with Crippen LogP contribution >= 0.6 is 0 Å². The molecule has 5 heteroatoms. The van der Waals surface area contributed by atoms with Crippen LogP contribution in [0.5, 0.6) is 0 Å². The van der Waals surface area contributed by atoms with Crippen LogP contribution in [0.2, 0.25) is 0 Å². The molecule has 5 nitrogen and oxygen atoms in total. The average Bonchev–Trinajstić information content (AvgIpc) is 2.40. The number of hydrogen-bond donors (Lipinski definition) is 2. The van der Waals surface area contributed by atoms with E-state index in [0.29, 0.717) is 0 Å². The number of nitrogens with one attached hydrogen (secondary N) is 1. The van der Waals surface area contributed by atoms with Gasteiger partial charge in [-0.15, -0.1) is 0 Å². The van der Waals surface area contributed by atoms with E-state index in [2.05, 4.69) is 20.4 Å². The molecular formula is C13H17N5. The van der Waals surface area contributed by atoms with Crippen LogP contribution in [0.1, 0.15) is 19.3 Å². The van der Waals surface area contributed by atoms with Gasteiger partial charge in [-0.25, -0.2) is 15.0 Å². The lowest BCUT2D eigenvalue weighted by Crippen LogP contribution is -2.35. The Morgan fingerprint density at radius 2 is 1.94 bits per heavy atom. The maximum absolute atomic E-state index is 5.77. The Kier molecular flexibility index (Phi) is 2.98. The molecule has 2 aromatic rings. The van der Waals surface area contributed by atoms with Crippen LogP contribution in [-0.4, -0.2) is 28.1 Å². The van der Waals surface area contributed by atoms with E-state index >= 15 is 0 Å². The van der Waals surface area contributed by atoms with Gasteiger partial charge in [-0.05, 0) is 31.0 Å². The topological polar surface area (TPSA) is 67.1 Å². The number of anilines is 2. The van der Waals surface area contributed by atoms with E-state index in [1.54, 1.807) is 6.33 Å². The van der Waals surface area contributed by atoms with E-state index in [-0.39, 0.29) is 0 Å². The van der Waals surface area contributed by atoms with Gasteiger partial charge in [0.1, 0.15) is 6.33 Å². The summed E-state index contributed by atoms with van der Waals surface area (Å²) in [5.41, 5.74) is 10.8. The Balaban J connectivity index is 1.91. The number of nitrogens with zero attached hydrogens (tertiary/aromatic N) is 3. The van der Waals surface area contributed by atoms with Gasteiger partial charge in [-0.3, -0.25) is 0 Å². The molecule has 18 heavy (non-hydrogen) atoms. The fraction of sp³-hybridized carbons (Fsp3) is 0.385. The standard InChI is InChI=1S/C13H17N5/c14-10-4-5-11-12(8-10)15-9-16-13(11)17-18-6-2-1-3-7-18/h4-5,8-9H,1-3,6-7,14H2,(H,15,16,17). The summed E-state index contributed by atoms with van der Waals surface area (Å²) in [5.74, 6) is 0.863. The summed E-state index contributed by atoms with van der Waals surface area (Å²) < 4.78 is 0. The van der Waals surface area contributed by atoms with Gasteiger partial charge in [0.25, 0.3) is 0 Å². The second kappa shape index (κ2) is 4.78. The van der Waals surface area contributed by atoms with E-state index in [4.69, 9.17) is 5.73 Å². The smallest absolute Gasteiger partial charge is 0.151 e. The summed E-state index contributed by atoms with van der Waals surface area (Å²) >= 11 is 0. The van der Waals surface area contributed by atoms with Gasteiger partial charge in [0.2, 0.25) is 0 Å². The molecule has 3 rings (SSSR count). The maximum atomic E-state index is 5.77. The highest BCUT2D eigenvalue weighted by Gasteiger charge is 2.12. The summed E-state index contributed by atoms with van der Waals surface area (Å²) in [7, 11) is 0. The van der Waals surface area contributed by atoms with Crippen LogP contribution in [0.3, 0.4) is 0 Å². The number of nitrogens with two attached hydrogens (primary N) is 1. The van der Waals surface area contributed by atoms with Crippen molar-refractivity contribution in [3.8, 4) is 0 Å². The molecule has 0 amide bonds. The van der Waals surface area contributed by atoms with Gasteiger partial charge in [0.15, 0.2) is 5.82 Å². The molecule has 0 spiro atoms. The van der Waals surface area contributed by atoms with Crippen LogP contribution in [0, 0.1) is 0 Å². The van der Waals surface area contributed by atoms with Crippen molar-refractivity contribution in [2.24, 2.45) is 0 Å². The third-order valence-electron chi connectivity index (χ3n) is 3.28. The highest BCUT2D eigenvalue weighted by atomic mass is 15.5. The Morgan fingerprint density at radius 1 is 1.11 bits per heavy atom. The first-order chi connectivity index (χ1) is 8.83.